The highest BCUT2D eigenvalue weighted by molar-refractivity contribution is 5.30. The molecule has 0 aliphatic heterocycles. The topological polar surface area (TPSA) is 66.5 Å². The molecular weight excluding hydrogens is 204 g/mol. The molecule has 0 bridgehead atoms. The molecular formula is C10H13F2NO2. The van der Waals surface area contributed by atoms with E-state index in [4.69, 9.17) is 5.73 Å². The number of alkyl halides is 2. The zero-order chi connectivity index (χ0) is 11.4. The fourth-order valence-corrected chi connectivity index (χ4v) is 1.32. The molecule has 15 heavy (non-hydrogen) atoms. The van der Waals surface area contributed by atoms with Crippen molar-refractivity contribution in [2.75, 3.05) is 6.54 Å². The van der Waals surface area contributed by atoms with Crippen molar-refractivity contribution in [3.63, 3.8) is 0 Å². The van der Waals surface area contributed by atoms with Crippen molar-refractivity contribution in [2.24, 2.45) is 5.73 Å². The fraction of sp³-hybridized carbons (Fsp3) is 0.400. The van der Waals surface area contributed by atoms with Crippen molar-refractivity contribution in [1.29, 1.82) is 0 Å². The van der Waals surface area contributed by atoms with E-state index < -0.39 is 18.6 Å². The van der Waals surface area contributed by atoms with Gasteiger partial charge in [-0.25, -0.2) is 8.78 Å². The Labute approximate surface area is 86.2 Å². The van der Waals surface area contributed by atoms with Gasteiger partial charge in [-0.15, -0.1) is 0 Å². The van der Waals surface area contributed by atoms with Gasteiger partial charge in [0.05, 0.1) is 6.10 Å². The van der Waals surface area contributed by atoms with Gasteiger partial charge in [0.15, 0.2) is 0 Å². The maximum Gasteiger partial charge on any atom is 0.264 e. The van der Waals surface area contributed by atoms with Crippen molar-refractivity contribution in [3.05, 3.63) is 35.4 Å². The molecule has 0 spiro atoms. The third-order valence-corrected chi connectivity index (χ3v) is 2.16. The Morgan fingerprint density at radius 3 is 2.13 bits per heavy atom. The van der Waals surface area contributed by atoms with Crippen LogP contribution in [0, 0.1) is 0 Å². The molecule has 0 saturated heterocycles. The smallest absolute Gasteiger partial charge is 0.264 e. The minimum atomic E-state index is -2.68. The Kier molecular flexibility index (Phi) is 4.14. The van der Waals surface area contributed by atoms with Crippen LogP contribution in [0.25, 0.3) is 0 Å². The lowest BCUT2D eigenvalue weighted by molar-refractivity contribution is 0.0214. The number of aliphatic hydroxyl groups excluding tert-OH is 2. The van der Waals surface area contributed by atoms with Crippen molar-refractivity contribution in [1.82, 2.24) is 0 Å². The third-order valence-electron chi connectivity index (χ3n) is 2.16. The van der Waals surface area contributed by atoms with Crippen LogP contribution in [-0.4, -0.2) is 22.9 Å². The highest BCUT2D eigenvalue weighted by Crippen LogP contribution is 2.28. The van der Waals surface area contributed by atoms with Crippen LogP contribution in [0.3, 0.4) is 0 Å². The van der Waals surface area contributed by atoms with Crippen molar-refractivity contribution < 1.29 is 19.0 Å². The van der Waals surface area contributed by atoms with Crippen molar-refractivity contribution in [3.8, 4) is 0 Å². The van der Waals surface area contributed by atoms with Gasteiger partial charge in [0.25, 0.3) is 6.43 Å². The normalized spacial score (nSPS) is 15.3. The van der Waals surface area contributed by atoms with Crippen LogP contribution in [-0.2, 0) is 0 Å². The van der Waals surface area contributed by atoms with Gasteiger partial charge in [-0.1, -0.05) is 24.3 Å². The van der Waals surface area contributed by atoms with Gasteiger partial charge in [-0.3, -0.25) is 0 Å². The van der Waals surface area contributed by atoms with Gasteiger partial charge < -0.3 is 15.9 Å². The SMILES string of the molecule is NCC(O)C(O)c1ccccc1C(F)F. The average molecular weight is 217 g/mol. The highest BCUT2D eigenvalue weighted by Gasteiger charge is 2.22. The lowest BCUT2D eigenvalue weighted by Gasteiger charge is -2.19. The molecule has 4 N–H and O–H groups in total. The molecule has 0 saturated carbocycles. The molecule has 0 amide bonds. The number of aliphatic hydroxyl groups is 2. The summed E-state index contributed by atoms with van der Waals surface area (Å²) in [4.78, 5) is 0. The molecule has 0 heterocycles. The number of rotatable bonds is 4. The first-order chi connectivity index (χ1) is 7.07. The predicted octanol–water partition coefficient (Wildman–Crippen LogP) is 0.977. The van der Waals surface area contributed by atoms with E-state index in [0.717, 1.165) is 0 Å². The largest absolute Gasteiger partial charge is 0.389 e. The van der Waals surface area contributed by atoms with Crippen LogP contribution in [0.5, 0.6) is 0 Å². The Bertz CT molecular complexity index is 320. The van der Waals surface area contributed by atoms with E-state index in [9.17, 15) is 19.0 Å². The van der Waals surface area contributed by atoms with E-state index >= 15 is 0 Å². The number of nitrogens with two attached hydrogens (primary N) is 1. The lowest BCUT2D eigenvalue weighted by atomic mass is 9.99. The fourth-order valence-electron chi connectivity index (χ4n) is 1.32. The number of halogens is 2. The molecule has 3 nitrogen and oxygen atoms in total. The van der Waals surface area contributed by atoms with Crippen LogP contribution in [0.2, 0.25) is 0 Å². The Hall–Kier alpha value is -1.04. The van der Waals surface area contributed by atoms with Gasteiger partial charge in [0, 0.05) is 12.1 Å². The first-order valence-corrected chi connectivity index (χ1v) is 4.51. The van der Waals surface area contributed by atoms with Crippen LogP contribution in [0.4, 0.5) is 8.78 Å². The van der Waals surface area contributed by atoms with Crippen molar-refractivity contribution in [2.45, 2.75) is 18.6 Å². The number of hydrogen-bond acceptors (Lipinski definition) is 3. The molecule has 0 radical (unpaired) electrons. The van der Waals surface area contributed by atoms with Gasteiger partial charge in [0.1, 0.15) is 6.10 Å². The van der Waals surface area contributed by atoms with Crippen LogP contribution in [0.1, 0.15) is 23.7 Å². The van der Waals surface area contributed by atoms with E-state index in [1.54, 1.807) is 0 Å². The van der Waals surface area contributed by atoms with E-state index in [0.29, 0.717) is 0 Å². The summed E-state index contributed by atoms with van der Waals surface area (Å²) in [6.07, 6.45) is -5.29. The summed E-state index contributed by atoms with van der Waals surface area (Å²) in [5, 5.41) is 18.8. The second-order valence-corrected chi connectivity index (χ2v) is 3.18. The molecule has 1 aromatic carbocycles. The summed E-state index contributed by atoms with van der Waals surface area (Å²) in [5.74, 6) is 0. The average Bonchev–Trinajstić information content (AvgIpc) is 2.27. The van der Waals surface area contributed by atoms with Gasteiger partial charge in [-0.2, -0.15) is 0 Å². The standard InChI is InChI=1S/C10H13F2NO2/c11-10(12)7-4-2-1-3-6(7)9(15)8(14)5-13/h1-4,8-10,14-15H,5,13H2. The monoisotopic (exact) mass is 217 g/mol. The van der Waals surface area contributed by atoms with Gasteiger partial charge >= 0.3 is 0 Å². The summed E-state index contributed by atoms with van der Waals surface area (Å²) in [6, 6.07) is 5.54. The molecule has 0 aromatic heterocycles. The van der Waals surface area contributed by atoms with Crippen molar-refractivity contribution >= 4 is 0 Å². The summed E-state index contributed by atoms with van der Waals surface area (Å²) in [7, 11) is 0. The Balaban J connectivity index is 3.02. The second kappa shape index (κ2) is 5.16. The molecule has 1 aromatic rings. The van der Waals surface area contributed by atoms with E-state index in [1.807, 2.05) is 0 Å². The lowest BCUT2D eigenvalue weighted by Crippen LogP contribution is -2.27. The zero-order valence-electron chi connectivity index (χ0n) is 7.98. The van der Waals surface area contributed by atoms with Crippen LogP contribution < -0.4 is 5.73 Å². The van der Waals surface area contributed by atoms with E-state index in [1.165, 1.54) is 24.3 Å². The molecule has 5 heteroatoms. The summed E-state index contributed by atoms with van der Waals surface area (Å²) >= 11 is 0. The zero-order valence-corrected chi connectivity index (χ0v) is 7.98. The van der Waals surface area contributed by atoms with Gasteiger partial charge in [-0.05, 0) is 5.56 Å². The summed E-state index contributed by atoms with van der Waals surface area (Å²) in [6.45, 7) is -0.182. The van der Waals surface area contributed by atoms with Gasteiger partial charge in [0.2, 0.25) is 0 Å². The maximum absolute atomic E-state index is 12.5. The minimum Gasteiger partial charge on any atom is -0.389 e. The molecule has 0 aliphatic rings. The number of benzene rings is 1. The quantitative estimate of drug-likeness (QED) is 0.704. The minimum absolute atomic E-state index is 0.0189. The van der Waals surface area contributed by atoms with E-state index in [2.05, 4.69) is 0 Å². The third kappa shape index (κ3) is 2.71. The molecule has 2 unspecified atom stereocenters. The Morgan fingerprint density at radius 2 is 1.67 bits per heavy atom. The summed E-state index contributed by atoms with van der Waals surface area (Å²) in [5.41, 5.74) is 4.88. The molecule has 84 valence electrons. The Morgan fingerprint density at radius 1 is 1.13 bits per heavy atom. The van der Waals surface area contributed by atoms with Crippen LogP contribution >= 0.6 is 0 Å². The maximum atomic E-state index is 12.5. The molecule has 0 aliphatic carbocycles. The highest BCUT2D eigenvalue weighted by atomic mass is 19.3. The predicted molar refractivity (Wildman–Crippen MR) is 51.4 cm³/mol. The van der Waals surface area contributed by atoms with Crippen LogP contribution in [0.15, 0.2) is 24.3 Å². The molecule has 1 rings (SSSR count). The number of hydrogen-bond donors (Lipinski definition) is 3. The second-order valence-electron chi connectivity index (χ2n) is 3.18. The first kappa shape index (κ1) is 12.0. The first-order valence-electron chi connectivity index (χ1n) is 4.51. The summed E-state index contributed by atoms with van der Waals surface area (Å²) < 4.78 is 25.1. The molecule has 2 atom stereocenters. The van der Waals surface area contributed by atoms with E-state index in [-0.39, 0.29) is 17.7 Å². The molecule has 0 fully saturated rings.